The van der Waals surface area contributed by atoms with Gasteiger partial charge in [-0.3, -0.25) is 14.2 Å². The maximum Gasteiger partial charge on any atom is 0.262 e. The SMILES string of the molecule is CCn1c(SCC(=O)NCCc2ccc(F)cc2)nc2ccc(Br)cc2c1=O. The summed E-state index contributed by atoms with van der Waals surface area (Å²) < 4.78 is 15.3. The zero-order chi connectivity index (χ0) is 20.1. The van der Waals surface area contributed by atoms with E-state index in [4.69, 9.17) is 0 Å². The third-order valence-corrected chi connectivity index (χ3v) is 5.65. The Morgan fingerprint density at radius 3 is 2.71 bits per heavy atom. The molecule has 0 saturated heterocycles. The largest absolute Gasteiger partial charge is 0.355 e. The summed E-state index contributed by atoms with van der Waals surface area (Å²) in [5, 5.41) is 3.91. The Balaban J connectivity index is 1.62. The van der Waals surface area contributed by atoms with Crippen LogP contribution in [0.5, 0.6) is 0 Å². The number of benzene rings is 2. The molecule has 1 heterocycles. The van der Waals surface area contributed by atoms with E-state index in [-0.39, 0.29) is 23.0 Å². The van der Waals surface area contributed by atoms with E-state index >= 15 is 0 Å². The van der Waals surface area contributed by atoms with Crippen LogP contribution in [0, 0.1) is 5.82 Å². The lowest BCUT2D eigenvalue weighted by Crippen LogP contribution is -2.28. The van der Waals surface area contributed by atoms with E-state index < -0.39 is 0 Å². The molecule has 0 saturated carbocycles. The van der Waals surface area contributed by atoms with Crippen molar-refractivity contribution in [2.45, 2.75) is 25.0 Å². The minimum atomic E-state index is -0.276. The van der Waals surface area contributed by atoms with Gasteiger partial charge in [0.2, 0.25) is 5.91 Å². The molecule has 0 radical (unpaired) electrons. The van der Waals surface area contributed by atoms with E-state index in [0.29, 0.717) is 35.6 Å². The minimum absolute atomic E-state index is 0.118. The molecule has 0 atom stereocenters. The zero-order valence-corrected chi connectivity index (χ0v) is 17.6. The Morgan fingerprint density at radius 1 is 1.25 bits per heavy atom. The van der Waals surface area contributed by atoms with Gasteiger partial charge in [-0.05, 0) is 49.2 Å². The third-order valence-electron chi connectivity index (χ3n) is 4.18. The minimum Gasteiger partial charge on any atom is -0.355 e. The summed E-state index contributed by atoms with van der Waals surface area (Å²) >= 11 is 4.61. The van der Waals surface area contributed by atoms with Crippen molar-refractivity contribution in [1.29, 1.82) is 0 Å². The highest BCUT2D eigenvalue weighted by Gasteiger charge is 2.12. The van der Waals surface area contributed by atoms with Crippen LogP contribution in [0.2, 0.25) is 0 Å². The molecule has 2 aromatic carbocycles. The maximum atomic E-state index is 12.9. The fourth-order valence-electron chi connectivity index (χ4n) is 2.74. The molecule has 3 rings (SSSR count). The first kappa shape index (κ1) is 20.5. The van der Waals surface area contributed by atoms with Gasteiger partial charge in [0.1, 0.15) is 5.82 Å². The number of rotatable bonds is 7. The average Bonchev–Trinajstić information content (AvgIpc) is 2.68. The first-order valence-electron chi connectivity index (χ1n) is 8.82. The van der Waals surface area contributed by atoms with Crippen molar-refractivity contribution >= 4 is 44.5 Å². The predicted octanol–water partition coefficient (Wildman–Crippen LogP) is 3.77. The van der Waals surface area contributed by atoms with Crippen molar-refractivity contribution < 1.29 is 9.18 Å². The van der Waals surface area contributed by atoms with Crippen molar-refractivity contribution in [3.05, 3.63) is 68.7 Å². The molecule has 146 valence electrons. The number of carbonyl (C=O) groups excluding carboxylic acids is 1. The Bertz CT molecular complexity index is 1050. The lowest BCUT2D eigenvalue weighted by atomic mass is 10.1. The molecule has 0 aliphatic carbocycles. The molecular weight excluding hydrogens is 445 g/mol. The van der Waals surface area contributed by atoms with E-state index in [1.54, 1.807) is 28.8 Å². The van der Waals surface area contributed by atoms with Crippen LogP contribution in [-0.4, -0.2) is 27.8 Å². The smallest absolute Gasteiger partial charge is 0.262 e. The fourth-order valence-corrected chi connectivity index (χ4v) is 3.99. The standard InChI is InChI=1S/C20H19BrFN3O2S/c1-2-25-19(27)16-11-14(21)5-8-17(16)24-20(25)28-12-18(26)23-10-9-13-3-6-15(22)7-4-13/h3-8,11H,2,9-10,12H2,1H3,(H,23,26). The summed E-state index contributed by atoms with van der Waals surface area (Å²) in [6, 6.07) is 11.6. The van der Waals surface area contributed by atoms with Gasteiger partial charge in [0, 0.05) is 17.6 Å². The van der Waals surface area contributed by atoms with E-state index in [0.717, 1.165) is 10.0 Å². The van der Waals surface area contributed by atoms with Gasteiger partial charge in [-0.2, -0.15) is 0 Å². The summed E-state index contributed by atoms with van der Waals surface area (Å²) in [4.78, 5) is 29.4. The molecule has 0 bridgehead atoms. The molecule has 3 aromatic rings. The van der Waals surface area contributed by atoms with Gasteiger partial charge in [0.15, 0.2) is 5.16 Å². The van der Waals surface area contributed by atoms with E-state index in [1.807, 2.05) is 13.0 Å². The summed E-state index contributed by atoms with van der Waals surface area (Å²) in [5.41, 5.74) is 1.45. The number of nitrogens with one attached hydrogen (secondary N) is 1. The molecular formula is C20H19BrFN3O2S. The summed E-state index contributed by atoms with van der Waals surface area (Å²) in [5.74, 6) is -0.251. The van der Waals surface area contributed by atoms with E-state index in [1.165, 1.54) is 23.9 Å². The second kappa shape index (κ2) is 9.34. The van der Waals surface area contributed by atoms with E-state index in [2.05, 4.69) is 26.2 Å². The number of hydrogen-bond acceptors (Lipinski definition) is 4. The highest BCUT2D eigenvalue weighted by atomic mass is 79.9. The van der Waals surface area contributed by atoms with Crippen molar-refractivity contribution in [3.63, 3.8) is 0 Å². The van der Waals surface area contributed by atoms with Crippen molar-refractivity contribution in [1.82, 2.24) is 14.9 Å². The van der Waals surface area contributed by atoms with Crippen LogP contribution < -0.4 is 10.9 Å². The molecule has 0 aliphatic heterocycles. The predicted molar refractivity (Wildman–Crippen MR) is 113 cm³/mol. The van der Waals surface area contributed by atoms with Gasteiger partial charge in [-0.25, -0.2) is 9.37 Å². The van der Waals surface area contributed by atoms with Crippen molar-refractivity contribution in [3.8, 4) is 0 Å². The van der Waals surface area contributed by atoms with Crippen LogP contribution >= 0.6 is 27.7 Å². The van der Waals surface area contributed by atoms with Crippen molar-refractivity contribution in [2.75, 3.05) is 12.3 Å². The number of halogens is 2. The Kier molecular flexibility index (Phi) is 6.85. The summed E-state index contributed by atoms with van der Waals surface area (Å²) in [6.07, 6.45) is 0.624. The topological polar surface area (TPSA) is 64.0 Å². The molecule has 1 N–H and O–H groups in total. The third kappa shape index (κ3) is 4.99. The number of hydrogen-bond donors (Lipinski definition) is 1. The molecule has 0 aliphatic rings. The molecule has 0 spiro atoms. The molecule has 1 aromatic heterocycles. The lowest BCUT2D eigenvalue weighted by molar-refractivity contribution is -0.118. The monoisotopic (exact) mass is 463 g/mol. The second-order valence-corrected chi connectivity index (χ2v) is 7.98. The maximum absolute atomic E-state index is 12.9. The lowest BCUT2D eigenvalue weighted by Gasteiger charge is -2.11. The van der Waals surface area contributed by atoms with Crippen molar-refractivity contribution in [2.24, 2.45) is 0 Å². The first-order chi connectivity index (χ1) is 13.5. The van der Waals surface area contributed by atoms with Crippen LogP contribution in [-0.2, 0) is 17.8 Å². The zero-order valence-electron chi connectivity index (χ0n) is 15.2. The number of carbonyl (C=O) groups is 1. The molecule has 28 heavy (non-hydrogen) atoms. The first-order valence-corrected chi connectivity index (χ1v) is 10.6. The van der Waals surface area contributed by atoms with Gasteiger partial charge >= 0.3 is 0 Å². The molecule has 0 fully saturated rings. The van der Waals surface area contributed by atoms with Crippen LogP contribution in [0.15, 0.2) is 56.9 Å². The highest BCUT2D eigenvalue weighted by molar-refractivity contribution is 9.10. The van der Waals surface area contributed by atoms with Gasteiger partial charge < -0.3 is 5.32 Å². The number of fused-ring (bicyclic) bond motifs is 1. The number of thioether (sulfide) groups is 1. The summed E-state index contributed by atoms with van der Waals surface area (Å²) in [7, 11) is 0. The van der Waals surface area contributed by atoms with Gasteiger partial charge in [-0.15, -0.1) is 0 Å². The number of aromatic nitrogens is 2. The molecule has 8 heteroatoms. The molecule has 0 unspecified atom stereocenters. The second-order valence-electron chi connectivity index (χ2n) is 6.12. The van der Waals surface area contributed by atoms with Crippen LogP contribution in [0.4, 0.5) is 4.39 Å². The quantitative estimate of drug-likeness (QED) is 0.427. The van der Waals surface area contributed by atoms with Crippen LogP contribution in [0.3, 0.4) is 0 Å². The average molecular weight is 464 g/mol. The van der Waals surface area contributed by atoms with Crippen LogP contribution in [0.1, 0.15) is 12.5 Å². The Morgan fingerprint density at radius 2 is 2.00 bits per heavy atom. The van der Waals surface area contributed by atoms with E-state index in [9.17, 15) is 14.0 Å². The fraction of sp³-hybridized carbons (Fsp3) is 0.250. The Hall–Kier alpha value is -2.19. The van der Waals surface area contributed by atoms with Gasteiger partial charge in [-0.1, -0.05) is 39.8 Å². The molecule has 5 nitrogen and oxygen atoms in total. The Labute approximate surface area is 174 Å². The number of nitrogens with zero attached hydrogens (tertiary/aromatic N) is 2. The number of amides is 1. The normalized spacial score (nSPS) is 11.0. The van der Waals surface area contributed by atoms with Gasteiger partial charge in [0.25, 0.3) is 5.56 Å². The summed E-state index contributed by atoms with van der Waals surface area (Å²) in [6.45, 7) is 2.81. The van der Waals surface area contributed by atoms with Crippen LogP contribution in [0.25, 0.3) is 10.9 Å². The highest BCUT2D eigenvalue weighted by Crippen LogP contribution is 2.20. The molecule has 1 amide bonds. The van der Waals surface area contributed by atoms with Gasteiger partial charge in [0.05, 0.1) is 16.7 Å².